The Bertz CT molecular complexity index is 1170. The molecule has 1 atom stereocenters. The van der Waals surface area contributed by atoms with Crippen LogP contribution < -0.4 is 19.8 Å². The van der Waals surface area contributed by atoms with Gasteiger partial charge in [0.25, 0.3) is 17.5 Å². The molecule has 0 aromatic heterocycles. The van der Waals surface area contributed by atoms with Crippen molar-refractivity contribution in [2.75, 3.05) is 19.1 Å². The lowest BCUT2D eigenvalue weighted by atomic mass is 10.1. The van der Waals surface area contributed by atoms with Crippen molar-refractivity contribution in [3.05, 3.63) is 58.1 Å². The van der Waals surface area contributed by atoms with Crippen LogP contribution in [-0.4, -0.2) is 53.8 Å². The lowest BCUT2D eigenvalue weighted by Gasteiger charge is -2.29. The molecule has 2 aromatic rings. The summed E-state index contributed by atoms with van der Waals surface area (Å²) in [6.07, 6.45) is -0.383. The molecule has 1 aliphatic rings. The molecule has 4 amide bonds. The number of nitrogens with zero attached hydrogens (tertiary/aromatic N) is 3. The Morgan fingerprint density at radius 2 is 1.74 bits per heavy atom. The molecule has 12 heteroatoms. The number of nitro benzene ring substituents is 1. The van der Waals surface area contributed by atoms with Crippen LogP contribution in [0.4, 0.5) is 11.4 Å². The smallest absolute Gasteiger partial charge is 0.270 e. The summed E-state index contributed by atoms with van der Waals surface area (Å²) in [7, 11) is 2.84. The van der Waals surface area contributed by atoms with Crippen LogP contribution in [-0.2, 0) is 14.4 Å². The summed E-state index contributed by atoms with van der Waals surface area (Å²) < 4.78 is 10.4. The summed E-state index contributed by atoms with van der Waals surface area (Å²) in [6, 6.07) is 8.10. The number of amides is 4. The second kappa shape index (κ2) is 10.2. The fraction of sp³-hybridized carbons (Fsp3) is 0.304. The molecule has 3 rings (SSSR count). The molecule has 0 radical (unpaired) electrons. The van der Waals surface area contributed by atoms with Gasteiger partial charge in [0.1, 0.15) is 17.5 Å². The predicted molar refractivity (Wildman–Crippen MR) is 123 cm³/mol. The van der Waals surface area contributed by atoms with Crippen LogP contribution in [0.25, 0.3) is 0 Å². The third-order valence-electron chi connectivity index (χ3n) is 5.30. The Hall–Kier alpha value is -4.48. The van der Waals surface area contributed by atoms with Crippen molar-refractivity contribution < 1.29 is 33.6 Å². The van der Waals surface area contributed by atoms with Crippen LogP contribution in [0.15, 0.2) is 42.5 Å². The number of imide groups is 1. The number of anilines is 1. The highest BCUT2D eigenvalue weighted by atomic mass is 16.6. The van der Waals surface area contributed by atoms with E-state index in [1.807, 2.05) is 0 Å². The molecule has 2 aromatic carbocycles. The first-order chi connectivity index (χ1) is 16.6. The van der Waals surface area contributed by atoms with E-state index in [4.69, 9.17) is 9.47 Å². The highest BCUT2D eigenvalue weighted by molar-refractivity contribution is 6.23. The number of methoxy groups -OCH3 is 2. The summed E-state index contributed by atoms with van der Waals surface area (Å²) in [5, 5.41) is 11.9. The molecule has 0 bridgehead atoms. The second-order valence-corrected chi connectivity index (χ2v) is 7.97. The maximum Gasteiger partial charge on any atom is 0.270 e. The summed E-state index contributed by atoms with van der Waals surface area (Å²) in [5.41, 5.74) is 2.14. The van der Waals surface area contributed by atoms with E-state index in [2.05, 4.69) is 5.43 Å². The molecule has 1 heterocycles. The maximum atomic E-state index is 13.3. The first kappa shape index (κ1) is 25.1. The number of nitro groups is 1. The third-order valence-corrected chi connectivity index (χ3v) is 5.30. The number of carbonyl (C=O) groups excluding carboxylic acids is 4. The number of benzene rings is 2. The summed E-state index contributed by atoms with van der Waals surface area (Å²) >= 11 is 0. The Kier molecular flexibility index (Phi) is 7.33. The summed E-state index contributed by atoms with van der Waals surface area (Å²) in [6.45, 7) is 3.14. The van der Waals surface area contributed by atoms with Crippen molar-refractivity contribution in [3.63, 3.8) is 0 Å². The fourth-order valence-electron chi connectivity index (χ4n) is 3.51. The monoisotopic (exact) mass is 484 g/mol. The third kappa shape index (κ3) is 5.21. The number of non-ortho nitro benzene ring substituents is 1. The first-order valence-electron chi connectivity index (χ1n) is 10.6. The van der Waals surface area contributed by atoms with E-state index in [1.165, 1.54) is 44.6 Å². The van der Waals surface area contributed by atoms with Crippen LogP contribution in [0.2, 0.25) is 0 Å². The van der Waals surface area contributed by atoms with Gasteiger partial charge in [0.05, 0.1) is 31.3 Å². The van der Waals surface area contributed by atoms with E-state index in [0.717, 1.165) is 16.0 Å². The van der Waals surface area contributed by atoms with Crippen LogP contribution in [0.1, 0.15) is 30.6 Å². The van der Waals surface area contributed by atoms with E-state index in [1.54, 1.807) is 19.9 Å². The number of rotatable bonds is 7. The summed E-state index contributed by atoms with van der Waals surface area (Å²) in [5.74, 6) is -2.73. The van der Waals surface area contributed by atoms with Crippen LogP contribution in [0.5, 0.6) is 11.5 Å². The van der Waals surface area contributed by atoms with Crippen LogP contribution in [0.3, 0.4) is 0 Å². The Morgan fingerprint density at radius 1 is 1.11 bits per heavy atom. The van der Waals surface area contributed by atoms with Crippen molar-refractivity contribution in [3.8, 4) is 11.5 Å². The molecule has 12 nitrogen and oxygen atoms in total. The molecule has 0 saturated carbocycles. The van der Waals surface area contributed by atoms with Gasteiger partial charge >= 0.3 is 0 Å². The standard InChI is InChI=1S/C23H24N4O8/c1-13(2)22(30)26(24-21(29)14-6-5-7-15(8-14)27(32)33)19-12-20(28)25(23(19)31)16-9-17(34-3)11-18(10-16)35-4/h5-11,13,19H,12H2,1-4H3,(H,24,29). The van der Waals surface area contributed by atoms with Crippen molar-refractivity contribution in [1.29, 1.82) is 0 Å². The molecule has 1 N–H and O–H groups in total. The molecular formula is C23H24N4O8. The van der Waals surface area contributed by atoms with Gasteiger partial charge in [0.15, 0.2) is 0 Å². The highest BCUT2D eigenvalue weighted by Gasteiger charge is 2.46. The lowest BCUT2D eigenvalue weighted by Crippen LogP contribution is -2.55. The number of nitrogens with one attached hydrogen (secondary N) is 1. The highest BCUT2D eigenvalue weighted by Crippen LogP contribution is 2.32. The Balaban J connectivity index is 1.94. The van der Waals surface area contributed by atoms with E-state index in [-0.39, 0.29) is 23.4 Å². The van der Waals surface area contributed by atoms with Gasteiger partial charge in [-0.1, -0.05) is 19.9 Å². The van der Waals surface area contributed by atoms with Gasteiger partial charge < -0.3 is 9.47 Å². The maximum absolute atomic E-state index is 13.3. The van der Waals surface area contributed by atoms with Gasteiger partial charge in [0, 0.05) is 41.8 Å². The Labute approximate surface area is 200 Å². The molecule has 1 unspecified atom stereocenters. The number of hydrogen-bond donors (Lipinski definition) is 1. The molecule has 184 valence electrons. The average Bonchev–Trinajstić information content (AvgIpc) is 3.14. The minimum absolute atomic E-state index is 0.0908. The van der Waals surface area contributed by atoms with Gasteiger partial charge in [-0.15, -0.1) is 0 Å². The molecule has 35 heavy (non-hydrogen) atoms. The molecular weight excluding hydrogens is 460 g/mol. The quantitative estimate of drug-likeness (QED) is 0.357. The van der Waals surface area contributed by atoms with Gasteiger partial charge in [-0.05, 0) is 6.07 Å². The lowest BCUT2D eigenvalue weighted by molar-refractivity contribution is -0.384. The van der Waals surface area contributed by atoms with E-state index >= 15 is 0 Å². The zero-order valence-corrected chi connectivity index (χ0v) is 19.5. The first-order valence-corrected chi connectivity index (χ1v) is 10.6. The van der Waals surface area contributed by atoms with Gasteiger partial charge in [-0.25, -0.2) is 9.91 Å². The fourth-order valence-corrected chi connectivity index (χ4v) is 3.51. The number of carbonyl (C=O) groups is 4. The number of hydrazine groups is 1. The zero-order valence-electron chi connectivity index (χ0n) is 19.5. The molecule has 1 fully saturated rings. The number of ether oxygens (including phenoxy) is 2. The van der Waals surface area contributed by atoms with Crippen molar-refractivity contribution in [1.82, 2.24) is 10.4 Å². The normalized spacial score (nSPS) is 15.2. The number of hydrogen-bond acceptors (Lipinski definition) is 8. The SMILES string of the molecule is COc1cc(OC)cc(N2C(=O)CC(N(NC(=O)c3cccc([N+](=O)[O-])c3)C(=O)C(C)C)C2=O)c1. The molecule has 1 saturated heterocycles. The van der Waals surface area contributed by atoms with Gasteiger partial charge in [-0.3, -0.25) is 34.7 Å². The van der Waals surface area contributed by atoms with Crippen molar-refractivity contribution in [2.24, 2.45) is 5.92 Å². The second-order valence-electron chi connectivity index (χ2n) is 7.97. The van der Waals surface area contributed by atoms with Crippen molar-refractivity contribution in [2.45, 2.75) is 26.3 Å². The van der Waals surface area contributed by atoms with E-state index in [0.29, 0.717) is 11.5 Å². The van der Waals surface area contributed by atoms with E-state index in [9.17, 15) is 29.3 Å². The minimum Gasteiger partial charge on any atom is -0.497 e. The topological polar surface area (TPSA) is 148 Å². The van der Waals surface area contributed by atoms with Crippen LogP contribution >= 0.6 is 0 Å². The van der Waals surface area contributed by atoms with Gasteiger partial charge in [-0.2, -0.15) is 0 Å². The van der Waals surface area contributed by atoms with E-state index < -0.39 is 40.5 Å². The predicted octanol–water partition coefficient (Wildman–Crippen LogP) is 2.07. The zero-order chi connectivity index (χ0) is 25.9. The minimum atomic E-state index is -1.32. The van der Waals surface area contributed by atoms with Crippen molar-refractivity contribution >= 4 is 35.0 Å². The molecule has 1 aliphatic heterocycles. The Morgan fingerprint density at radius 3 is 2.29 bits per heavy atom. The van der Waals surface area contributed by atoms with Gasteiger partial charge in [0.2, 0.25) is 11.8 Å². The molecule has 0 aliphatic carbocycles. The van der Waals surface area contributed by atoms with Crippen LogP contribution in [0, 0.1) is 16.0 Å². The molecule has 0 spiro atoms. The average molecular weight is 484 g/mol. The summed E-state index contributed by atoms with van der Waals surface area (Å²) in [4.78, 5) is 63.3. The largest absolute Gasteiger partial charge is 0.497 e.